The Kier molecular flexibility index (Phi) is 7.76. The van der Waals surface area contributed by atoms with Gasteiger partial charge in [0.05, 0.1) is 6.61 Å². The van der Waals surface area contributed by atoms with Crippen LogP contribution in [0, 0.1) is 0 Å². The number of aryl methyl sites for hydroxylation is 1. The van der Waals surface area contributed by atoms with Crippen LogP contribution in [-0.2, 0) is 6.42 Å². The van der Waals surface area contributed by atoms with Crippen molar-refractivity contribution in [2.75, 3.05) is 13.2 Å². The van der Waals surface area contributed by atoms with E-state index in [1.165, 1.54) is 33.3 Å². The molecule has 0 amide bonds. The molecule has 3 rings (SSSR count). The molecule has 3 nitrogen and oxygen atoms in total. The maximum Gasteiger partial charge on any atom is 0.119 e. The minimum absolute atomic E-state index is 0.538. The summed E-state index contributed by atoms with van der Waals surface area (Å²) in [6.45, 7) is 8.28. The Balaban J connectivity index is 1.99. The molecule has 1 atom stereocenters. The van der Waals surface area contributed by atoms with E-state index in [0.29, 0.717) is 5.92 Å². The molecule has 0 fully saturated rings. The van der Waals surface area contributed by atoms with Gasteiger partial charge in [0.25, 0.3) is 0 Å². The molecule has 3 heteroatoms. The van der Waals surface area contributed by atoms with Gasteiger partial charge in [-0.25, -0.2) is 0 Å². The first-order chi connectivity index (χ1) is 14.2. The summed E-state index contributed by atoms with van der Waals surface area (Å²) in [6.07, 6.45) is 6.60. The van der Waals surface area contributed by atoms with Crippen LogP contribution < -0.4 is 10.5 Å². The van der Waals surface area contributed by atoms with Gasteiger partial charge in [-0.05, 0) is 85.5 Å². The number of hydrogen-bond acceptors (Lipinski definition) is 2. The largest absolute Gasteiger partial charge is 0.494 e. The number of nitrogens with two attached hydrogens (primary N) is 1. The van der Waals surface area contributed by atoms with Gasteiger partial charge in [-0.3, -0.25) is 0 Å². The Bertz CT molecular complexity index is 895. The van der Waals surface area contributed by atoms with Crippen molar-refractivity contribution in [2.24, 2.45) is 5.73 Å². The van der Waals surface area contributed by atoms with E-state index in [2.05, 4.69) is 68.2 Å². The summed E-state index contributed by atoms with van der Waals surface area (Å²) in [4.78, 5) is 3.79. The fourth-order valence-corrected chi connectivity index (χ4v) is 3.93. The lowest BCUT2D eigenvalue weighted by Crippen LogP contribution is -1.99. The van der Waals surface area contributed by atoms with Crippen molar-refractivity contribution < 1.29 is 4.74 Å². The van der Waals surface area contributed by atoms with Crippen LogP contribution >= 0.6 is 0 Å². The van der Waals surface area contributed by atoms with E-state index in [1.54, 1.807) is 0 Å². The first-order valence-electron chi connectivity index (χ1n) is 11.3. The molecule has 1 heterocycles. The Hall–Kier alpha value is -2.26. The first kappa shape index (κ1) is 21.4. The quantitative estimate of drug-likeness (QED) is 0.352. The zero-order valence-corrected chi connectivity index (χ0v) is 18.3. The lowest BCUT2D eigenvalue weighted by atomic mass is 9.94. The standard InChI is InChI=1S/C26H36N2O/c1-4-6-18-29-21-15-13-20(14-16-21)25-23(10-7-8-17-27)24-12-9-11-22(19(3)5-2)26(24)28-25/h9,11-16,19,28H,4-8,10,17-18,27H2,1-3H3. The summed E-state index contributed by atoms with van der Waals surface area (Å²) in [5.74, 6) is 1.49. The third-order valence-electron chi connectivity index (χ3n) is 5.91. The monoisotopic (exact) mass is 392 g/mol. The Morgan fingerprint density at radius 3 is 2.48 bits per heavy atom. The molecule has 0 saturated carbocycles. The van der Waals surface area contributed by atoms with Crippen LogP contribution in [0.5, 0.6) is 5.75 Å². The van der Waals surface area contributed by atoms with Crippen molar-refractivity contribution in [1.29, 1.82) is 0 Å². The van der Waals surface area contributed by atoms with E-state index in [1.807, 2.05) is 0 Å². The molecule has 0 aliphatic heterocycles. The predicted molar refractivity (Wildman–Crippen MR) is 125 cm³/mol. The molecule has 0 aliphatic carbocycles. The third-order valence-corrected chi connectivity index (χ3v) is 5.91. The molecule has 156 valence electrons. The topological polar surface area (TPSA) is 51.0 Å². The number of para-hydroxylation sites is 1. The summed E-state index contributed by atoms with van der Waals surface area (Å²) >= 11 is 0. The van der Waals surface area contributed by atoms with E-state index >= 15 is 0 Å². The van der Waals surface area contributed by atoms with Crippen LogP contribution in [-0.4, -0.2) is 18.1 Å². The summed E-state index contributed by atoms with van der Waals surface area (Å²) in [7, 11) is 0. The van der Waals surface area contributed by atoms with Gasteiger partial charge in [-0.15, -0.1) is 0 Å². The molecule has 0 bridgehead atoms. The smallest absolute Gasteiger partial charge is 0.119 e. The van der Waals surface area contributed by atoms with Crippen LogP contribution in [0.1, 0.15) is 69.9 Å². The number of rotatable bonds is 11. The van der Waals surface area contributed by atoms with Crippen molar-refractivity contribution in [2.45, 2.75) is 65.2 Å². The fraction of sp³-hybridized carbons (Fsp3) is 0.462. The second-order valence-corrected chi connectivity index (χ2v) is 8.03. The van der Waals surface area contributed by atoms with Crippen molar-refractivity contribution in [1.82, 2.24) is 4.98 Å². The van der Waals surface area contributed by atoms with Gasteiger partial charge in [0.2, 0.25) is 0 Å². The number of aromatic amines is 1. The van der Waals surface area contributed by atoms with Gasteiger partial charge in [-0.2, -0.15) is 0 Å². The average molecular weight is 393 g/mol. The van der Waals surface area contributed by atoms with Gasteiger partial charge in [-0.1, -0.05) is 45.4 Å². The highest BCUT2D eigenvalue weighted by Gasteiger charge is 2.17. The zero-order valence-electron chi connectivity index (χ0n) is 18.3. The Labute approximate surface area is 175 Å². The van der Waals surface area contributed by atoms with Crippen molar-refractivity contribution >= 4 is 10.9 Å². The number of nitrogens with one attached hydrogen (secondary N) is 1. The van der Waals surface area contributed by atoms with Crippen LogP contribution in [0.2, 0.25) is 0 Å². The SMILES string of the molecule is CCCCOc1ccc(-c2[nH]c3c(C(C)CC)cccc3c2CCCCN)cc1. The Morgan fingerprint density at radius 1 is 1.00 bits per heavy atom. The fourth-order valence-electron chi connectivity index (χ4n) is 3.93. The minimum atomic E-state index is 0.538. The predicted octanol–water partition coefficient (Wildman–Crippen LogP) is 6.81. The second-order valence-electron chi connectivity index (χ2n) is 8.03. The van der Waals surface area contributed by atoms with E-state index in [4.69, 9.17) is 10.5 Å². The summed E-state index contributed by atoms with van der Waals surface area (Å²) < 4.78 is 5.85. The molecular formula is C26H36N2O. The highest BCUT2D eigenvalue weighted by Crippen LogP contribution is 2.36. The molecule has 3 aromatic rings. The van der Waals surface area contributed by atoms with Crippen LogP contribution in [0.4, 0.5) is 0 Å². The van der Waals surface area contributed by atoms with Crippen LogP contribution in [0.3, 0.4) is 0 Å². The number of fused-ring (bicyclic) bond motifs is 1. The third kappa shape index (κ3) is 5.02. The van der Waals surface area contributed by atoms with Gasteiger partial charge in [0, 0.05) is 16.6 Å². The molecule has 0 saturated heterocycles. The van der Waals surface area contributed by atoms with Gasteiger partial charge in [0.15, 0.2) is 0 Å². The molecule has 29 heavy (non-hydrogen) atoms. The second kappa shape index (κ2) is 10.5. The molecule has 0 aliphatic rings. The first-order valence-corrected chi connectivity index (χ1v) is 11.3. The van der Waals surface area contributed by atoms with Crippen LogP contribution in [0.25, 0.3) is 22.2 Å². The maximum atomic E-state index is 5.85. The minimum Gasteiger partial charge on any atom is -0.494 e. The Morgan fingerprint density at radius 2 is 1.79 bits per heavy atom. The molecular weight excluding hydrogens is 356 g/mol. The molecule has 3 N–H and O–H groups in total. The average Bonchev–Trinajstić information content (AvgIpc) is 3.13. The molecule has 0 spiro atoms. The van der Waals surface area contributed by atoms with Crippen molar-refractivity contribution in [3.05, 3.63) is 53.6 Å². The van der Waals surface area contributed by atoms with E-state index in [-0.39, 0.29) is 0 Å². The molecule has 1 aromatic heterocycles. The molecule has 0 radical (unpaired) electrons. The van der Waals surface area contributed by atoms with E-state index in [0.717, 1.165) is 57.4 Å². The normalized spacial score (nSPS) is 12.4. The van der Waals surface area contributed by atoms with Crippen molar-refractivity contribution in [3.8, 4) is 17.0 Å². The molecule has 1 unspecified atom stereocenters. The van der Waals surface area contributed by atoms with Crippen LogP contribution in [0.15, 0.2) is 42.5 Å². The number of benzene rings is 2. The maximum absolute atomic E-state index is 5.85. The zero-order chi connectivity index (χ0) is 20.6. The number of aromatic nitrogens is 1. The number of unbranched alkanes of at least 4 members (excludes halogenated alkanes) is 2. The highest BCUT2D eigenvalue weighted by atomic mass is 16.5. The lowest BCUT2D eigenvalue weighted by Gasteiger charge is -2.10. The number of hydrogen-bond donors (Lipinski definition) is 2. The van der Waals surface area contributed by atoms with Crippen molar-refractivity contribution in [3.63, 3.8) is 0 Å². The summed E-state index contributed by atoms with van der Waals surface area (Å²) in [5, 5.41) is 1.36. The number of H-pyrrole nitrogens is 1. The van der Waals surface area contributed by atoms with Gasteiger partial charge < -0.3 is 15.5 Å². The lowest BCUT2D eigenvalue weighted by molar-refractivity contribution is 0.309. The van der Waals surface area contributed by atoms with Gasteiger partial charge >= 0.3 is 0 Å². The van der Waals surface area contributed by atoms with Gasteiger partial charge in [0.1, 0.15) is 5.75 Å². The highest BCUT2D eigenvalue weighted by molar-refractivity contribution is 5.93. The molecule has 2 aromatic carbocycles. The van der Waals surface area contributed by atoms with E-state index < -0.39 is 0 Å². The van der Waals surface area contributed by atoms with E-state index in [9.17, 15) is 0 Å². The summed E-state index contributed by atoms with van der Waals surface area (Å²) in [6, 6.07) is 15.3. The number of ether oxygens (including phenoxy) is 1. The summed E-state index contributed by atoms with van der Waals surface area (Å²) in [5.41, 5.74) is 12.3.